The molecule has 3 fully saturated rings. The highest BCUT2D eigenvalue weighted by atomic mass is 35.5. The van der Waals surface area contributed by atoms with Gasteiger partial charge in [-0.25, -0.2) is 43.5 Å². The summed E-state index contributed by atoms with van der Waals surface area (Å²) in [6.45, 7) is 17.7. The van der Waals surface area contributed by atoms with Crippen LogP contribution in [-0.2, 0) is 33.3 Å². The molecule has 7 N–H and O–H groups in total. The van der Waals surface area contributed by atoms with Crippen molar-refractivity contribution in [1.82, 2.24) is 30.0 Å². The standard InChI is InChI=1S/C25H28N2O6.C19H23N3O4.C10H18N2O4.C9H6ClN.C2H3N.CH4/c1-25(2,3)33-24(31)27-13-15(12-21(27)22(28)29)26-23(30)32-14-20-18-10-6-4-8-16(18)17-9-5-7-11-19(17)20;1-19(2,3)26-18(25)22-11-13(10-15(22)17(23)24)21-16-14-7-5-4-6-12(14)8-9-20-16;1-10(2,3)16-9(15)12-5-6(11)4-7(12)8(13)14;10-9-8-4-2-1-3-7(8)5-6-11-9;1-2-3;/h4-11,15,20-21H,12-14H2,1-3H3,(H,26,30)(H,28,29);4-9,13,15H,10-11H2,1-3H3,(H,20,21)(H,23,24);6-7H,4-5,11H2,1-3H3,(H,13,14);1-6H;1H3;1H4/t15-,21+;13-,15+;6-,7+;;;/m111.../s1. The number of aromatic nitrogens is 2. The SMILES string of the molecule is C.CC#N.CC(C)(C)OC(=O)N1C[C@H](N)C[C@H]1C(=O)O.CC(C)(C)OC(=O)N1C[C@H](NC(=O)OCC2c3ccccc3-c3ccccc32)C[C@H]1C(=O)O.CC(C)(C)OC(=O)N1C[C@H](Nc2nccc3ccccc23)C[C@H]1C(=O)O.Clc1nccc2ccccc12. The van der Waals surface area contributed by atoms with Gasteiger partial charge in [0, 0.05) is 80.6 Å². The molecule has 0 bridgehead atoms. The number of carboxylic acids is 3. The molecule has 482 valence electrons. The molecule has 3 aliphatic heterocycles. The summed E-state index contributed by atoms with van der Waals surface area (Å²) >= 11 is 5.85. The van der Waals surface area contributed by atoms with E-state index in [1.807, 2.05) is 97.1 Å². The van der Waals surface area contributed by atoms with Crippen LogP contribution in [0.4, 0.5) is 25.0 Å². The number of carbonyl (C=O) groups is 7. The van der Waals surface area contributed by atoms with Crippen LogP contribution in [-0.4, -0.2) is 162 Å². The number of hydrogen-bond acceptors (Lipinski definition) is 16. The molecule has 0 radical (unpaired) electrons. The number of nitrogens with one attached hydrogen (secondary N) is 2. The number of fused-ring (bicyclic) bond motifs is 5. The molecule has 90 heavy (non-hydrogen) atoms. The molecule has 24 heteroatoms. The first-order chi connectivity index (χ1) is 41.9. The van der Waals surface area contributed by atoms with Crippen LogP contribution in [0.5, 0.6) is 0 Å². The fourth-order valence-electron chi connectivity index (χ4n) is 10.3. The Morgan fingerprint density at radius 2 is 0.978 bits per heavy atom. The normalized spacial score (nSPS) is 18.9. The number of nitrogens with zero attached hydrogens (tertiary/aromatic N) is 6. The zero-order chi connectivity index (χ0) is 65.5. The molecule has 0 unspecified atom stereocenters. The highest BCUT2D eigenvalue weighted by Gasteiger charge is 2.44. The molecule has 0 spiro atoms. The van der Waals surface area contributed by atoms with Crippen molar-refractivity contribution in [3.05, 3.63) is 138 Å². The predicted octanol–water partition coefficient (Wildman–Crippen LogP) is 11.6. The number of hydrogen-bond donors (Lipinski definition) is 6. The molecular weight excluding hydrogens is 1180 g/mol. The van der Waals surface area contributed by atoms with E-state index in [1.54, 1.807) is 80.8 Å². The lowest BCUT2D eigenvalue weighted by molar-refractivity contribution is -0.142. The average Bonchev–Trinajstić information content (AvgIpc) is 1.63. The van der Waals surface area contributed by atoms with Crippen LogP contribution < -0.4 is 16.4 Å². The topological polar surface area (TPSA) is 326 Å². The number of aliphatic carboxylic acids is 3. The Hall–Kier alpha value is -9.27. The lowest BCUT2D eigenvalue weighted by Crippen LogP contribution is -2.44. The highest BCUT2D eigenvalue weighted by Crippen LogP contribution is 2.44. The number of amides is 4. The van der Waals surface area contributed by atoms with E-state index >= 15 is 0 Å². The van der Waals surface area contributed by atoms with Crippen molar-refractivity contribution in [3.8, 4) is 17.2 Å². The van der Waals surface area contributed by atoms with E-state index in [-0.39, 0.29) is 64.5 Å². The Labute approximate surface area is 529 Å². The Bertz CT molecular complexity index is 3490. The van der Waals surface area contributed by atoms with E-state index in [0.29, 0.717) is 17.4 Å². The number of carboxylic acid groups (broad SMARTS) is 3. The number of alkyl carbamates (subject to hydrolysis) is 1. The number of ether oxygens (including phenoxy) is 4. The van der Waals surface area contributed by atoms with Gasteiger partial charge >= 0.3 is 42.3 Å². The fraction of sp³-hybridized carbons (Fsp3) is 0.424. The van der Waals surface area contributed by atoms with Crippen LogP contribution in [0.2, 0.25) is 5.15 Å². The number of rotatable bonds is 8. The van der Waals surface area contributed by atoms with Crippen molar-refractivity contribution in [2.75, 3.05) is 31.6 Å². The maximum Gasteiger partial charge on any atom is 0.411 e. The number of anilines is 1. The third-order valence-electron chi connectivity index (χ3n) is 14.0. The third kappa shape index (κ3) is 19.9. The van der Waals surface area contributed by atoms with Gasteiger partial charge < -0.3 is 50.6 Å². The van der Waals surface area contributed by atoms with Crippen molar-refractivity contribution in [1.29, 1.82) is 5.26 Å². The smallest absolute Gasteiger partial charge is 0.411 e. The van der Waals surface area contributed by atoms with Crippen molar-refractivity contribution >= 4 is 81.2 Å². The first-order valence-electron chi connectivity index (χ1n) is 28.8. The molecule has 23 nitrogen and oxygen atoms in total. The van der Waals surface area contributed by atoms with Crippen LogP contribution in [0.15, 0.2) is 122 Å². The Kier molecular flexibility index (Phi) is 24.8. The Morgan fingerprint density at radius 1 is 0.589 bits per heavy atom. The first-order valence-corrected chi connectivity index (χ1v) is 29.2. The number of carbonyl (C=O) groups excluding carboxylic acids is 4. The van der Waals surface area contributed by atoms with E-state index in [2.05, 4.69) is 32.7 Å². The summed E-state index contributed by atoms with van der Waals surface area (Å²) in [6, 6.07) is 33.5. The molecule has 6 aromatic rings. The Balaban J connectivity index is 0.000000229. The summed E-state index contributed by atoms with van der Waals surface area (Å²) in [5.74, 6) is -2.61. The highest BCUT2D eigenvalue weighted by molar-refractivity contribution is 6.34. The number of pyridine rings is 2. The van der Waals surface area contributed by atoms with Crippen LogP contribution in [0.1, 0.15) is 113 Å². The van der Waals surface area contributed by atoms with Gasteiger partial charge in [0.25, 0.3) is 0 Å². The molecule has 5 heterocycles. The summed E-state index contributed by atoms with van der Waals surface area (Å²) in [5, 5.41) is 46.0. The number of likely N-dealkylation sites (tertiary alicyclic amines) is 3. The molecule has 1 aliphatic carbocycles. The van der Waals surface area contributed by atoms with Crippen molar-refractivity contribution in [2.24, 2.45) is 5.73 Å². The van der Waals surface area contributed by atoms with Gasteiger partial charge in [0.2, 0.25) is 0 Å². The zero-order valence-corrected chi connectivity index (χ0v) is 52.3. The lowest BCUT2D eigenvalue weighted by atomic mass is 9.98. The van der Waals surface area contributed by atoms with Gasteiger partial charge in [-0.3, -0.25) is 14.7 Å². The van der Waals surface area contributed by atoms with Crippen molar-refractivity contribution in [3.63, 3.8) is 0 Å². The van der Waals surface area contributed by atoms with Gasteiger partial charge in [0.15, 0.2) is 0 Å². The number of halogens is 1. The predicted molar refractivity (Wildman–Crippen MR) is 341 cm³/mol. The maximum atomic E-state index is 12.5. The Morgan fingerprint density at radius 3 is 1.44 bits per heavy atom. The van der Waals surface area contributed by atoms with E-state index in [0.717, 1.165) is 48.7 Å². The van der Waals surface area contributed by atoms with Gasteiger partial charge in [0.05, 0.1) is 12.1 Å². The monoisotopic (exact) mass is 1260 g/mol. The van der Waals surface area contributed by atoms with E-state index in [4.69, 9.17) is 46.7 Å². The maximum absolute atomic E-state index is 12.5. The van der Waals surface area contributed by atoms with Crippen LogP contribution in [0, 0.1) is 11.3 Å². The molecule has 2 aromatic heterocycles. The van der Waals surface area contributed by atoms with Gasteiger partial charge in [-0.05, 0) is 114 Å². The molecule has 4 aliphatic rings. The van der Waals surface area contributed by atoms with E-state index in [1.165, 1.54) is 16.7 Å². The van der Waals surface area contributed by atoms with E-state index < -0.39 is 83.3 Å². The van der Waals surface area contributed by atoms with E-state index in [9.17, 15) is 43.8 Å². The van der Waals surface area contributed by atoms with Crippen LogP contribution in [0.3, 0.4) is 0 Å². The zero-order valence-electron chi connectivity index (χ0n) is 51.5. The minimum atomic E-state index is -1.14. The number of nitrogens with two attached hydrogens (primary N) is 1. The second-order valence-electron chi connectivity index (χ2n) is 24.4. The molecule has 6 atom stereocenters. The van der Waals surface area contributed by atoms with Gasteiger partial charge in [0.1, 0.15) is 52.5 Å². The fourth-order valence-corrected chi connectivity index (χ4v) is 10.6. The second-order valence-corrected chi connectivity index (χ2v) is 24.7. The molecule has 3 saturated heterocycles. The van der Waals surface area contributed by atoms with Gasteiger partial charge in [-0.2, -0.15) is 5.26 Å². The lowest BCUT2D eigenvalue weighted by Gasteiger charge is -2.26. The quantitative estimate of drug-likeness (QED) is 0.0609. The van der Waals surface area contributed by atoms with Crippen LogP contribution >= 0.6 is 11.6 Å². The van der Waals surface area contributed by atoms with Gasteiger partial charge in [-0.15, -0.1) is 0 Å². The third-order valence-corrected chi connectivity index (χ3v) is 14.3. The molecular formula is C66H82ClN9O14. The van der Waals surface area contributed by atoms with Crippen molar-refractivity contribution in [2.45, 2.75) is 155 Å². The molecule has 4 aromatic carbocycles. The molecule has 10 rings (SSSR count). The summed E-state index contributed by atoms with van der Waals surface area (Å²) in [4.78, 5) is 95.2. The molecule has 4 amide bonds. The van der Waals surface area contributed by atoms with Crippen molar-refractivity contribution < 1.29 is 67.8 Å². The largest absolute Gasteiger partial charge is 0.480 e. The second kappa shape index (κ2) is 31.3. The number of nitriles is 1. The first kappa shape index (κ1) is 71.5. The number of benzene rings is 4. The summed E-state index contributed by atoms with van der Waals surface area (Å²) < 4.78 is 21.3. The minimum Gasteiger partial charge on any atom is -0.480 e. The summed E-state index contributed by atoms with van der Waals surface area (Å²) in [6.07, 6.45) is 1.48. The average molecular weight is 1260 g/mol. The van der Waals surface area contributed by atoms with Crippen LogP contribution in [0.25, 0.3) is 32.7 Å². The summed E-state index contributed by atoms with van der Waals surface area (Å²) in [5.41, 5.74) is 8.06. The minimum absolute atomic E-state index is 0. The summed E-state index contributed by atoms with van der Waals surface area (Å²) in [7, 11) is 0. The molecule has 0 saturated carbocycles. The van der Waals surface area contributed by atoms with Gasteiger partial charge in [-0.1, -0.05) is 116 Å².